The summed E-state index contributed by atoms with van der Waals surface area (Å²) in [5.74, 6) is -0.473. The molecule has 3 atom stereocenters. The second-order valence-electron chi connectivity index (χ2n) is 8.84. The number of hydrazone groups is 1. The van der Waals surface area contributed by atoms with Gasteiger partial charge in [-0.25, -0.2) is 10.2 Å². The highest BCUT2D eigenvalue weighted by molar-refractivity contribution is 6.35. The fourth-order valence-electron chi connectivity index (χ4n) is 3.20. The van der Waals surface area contributed by atoms with Gasteiger partial charge >= 0.3 is 5.97 Å². The third-order valence-electron chi connectivity index (χ3n) is 5.11. The molecule has 0 saturated carbocycles. The first-order valence-corrected chi connectivity index (χ1v) is 12.9. The fourth-order valence-corrected chi connectivity index (χ4v) is 3.65. The minimum absolute atomic E-state index is 0.126. The Bertz CT molecular complexity index is 1120. The second kappa shape index (κ2) is 15.2. The first kappa shape index (κ1) is 30.9. The molecule has 38 heavy (non-hydrogen) atoms. The van der Waals surface area contributed by atoms with Gasteiger partial charge in [-0.15, -0.1) is 0 Å². The molecule has 2 N–H and O–H groups in total. The molecule has 0 saturated heterocycles. The molecular weight excluding hydrogens is 533 g/mol. The third-order valence-corrected chi connectivity index (χ3v) is 5.64. The average molecular weight is 566 g/mol. The van der Waals surface area contributed by atoms with Gasteiger partial charge in [-0.2, -0.15) is 5.10 Å². The maximum Gasteiger partial charge on any atom is 0.347 e. The molecular formula is C27H33Cl2N3O6. The van der Waals surface area contributed by atoms with Crippen molar-refractivity contribution in [1.29, 1.82) is 0 Å². The number of carbonyl (C=O) groups is 3. The first-order valence-electron chi connectivity index (χ1n) is 12.2. The van der Waals surface area contributed by atoms with E-state index in [4.69, 9.17) is 37.4 Å². The molecule has 0 unspecified atom stereocenters. The van der Waals surface area contributed by atoms with Crippen molar-refractivity contribution in [2.75, 3.05) is 6.61 Å². The average Bonchev–Trinajstić information content (AvgIpc) is 2.86. The maximum absolute atomic E-state index is 12.8. The smallest absolute Gasteiger partial charge is 0.347 e. The lowest BCUT2D eigenvalue weighted by Crippen LogP contribution is -2.49. The third kappa shape index (κ3) is 10.2. The summed E-state index contributed by atoms with van der Waals surface area (Å²) in [5.41, 5.74) is 3.16. The van der Waals surface area contributed by atoms with Crippen LogP contribution in [0.15, 0.2) is 47.6 Å². The summed E-state index contributed by atoms with van der Waals surface area (Å²) in [6.45, 7) is 9.05. The predicted octanol–water partition coefficient (Wildman–Crippen LogP) is 4.77. The Morgan fingerprint density at radius 2 is 1.63 bits per heavy atom. The summed E-state index contributed by atoms with van der Waals surface area (Å²) in [6.07, 6.45) is 0.204. The minimum Gasteiger partial charge on any atom is -0.479 e. The van der Waals surface area contributed by atoms with Crippen molar-refractivity contribution in [1.82, 2.24) is 10.7 Å². The summed E-state index contributed by atoms with van der Waals surface area (Å²) in [6, 6.07) is 10.7. The van der Waals surface area contributed by atoms with E-state index in [0.29, 0.717) is 28.5 Å². The molecule has 11 heteroatoms. The van der Waals surface area contributed by atoms with Crippen molar-refractivity contribution in [2.45, 2.75) is 59.3 Å². The fraction of sp³-hybridized carbons (Fsp3) is 0.407. The number of nitrogens with zero attached hydrogens (tertiary/aromatic N) is 1. The van der Waals surface area contributed by atoms with Crippen LogP contribution in [-0.2, 0) is 19.1 Å². The van der Waals surface area contributed by atoms with E-state index in [1.807, 2.05) is 13.8 Å². The van der Waals surface area contributed by atoms with E-state index >= 15 is 0 Å². The van der Waals surface area contributed by atoms with Gasteiger partial charge in [0.25, 0.3) is 11.8 Å². The molecule has 0 aliphatic carbocycles. The van der Waals surface area contributed by atoms with Crippen LogP contribution in [0.2, 0.25) is 10.0 Å². The van der Waals surface area contributed by atoms with Gasteiger partial charge in [-0.05, 0) is 81.1 Å². The van der Waals surface area contributed by atoms with Crippen LogP contribution in [-0.4, -0.2) is 48.9 Å². The van der Waals surface area contributed by atoms with Crippen molar-refractivity contribution in [3.8, 4) is 11.5 Å². The monoisotopic (exact) mass is 565 g/mol. The van der Waals surface area contributed by atoms with Crippen LogP contribution in [0.25, 0.3) is 0 Å². The molecule has 0 spiro atoms. The van der Waals surface area contributed by atoms with Gasteiger partial charge in [0.2, 0.25) is 0 Å². The Morgan fingerprint density at radius 1 is 0.947 bits per heavy atom. The second-order valence-corrected chi connectivity index (χ2v) is 9.68. The Balaban J connectivity index is 1.95. The lowest BCUT2D eigenvalue weighted by atomic mass is 10.0. The van der Waals surface area contributed by atoms with Gasteiger partial charge in [0.15, 0.2) is 12.2 Å². The van der Waals surface area contributed by atoms with E-state index < -0.39 is 36.0 Å². The number of hydrogen-bond acceptors (Lipinski definition) is 7. The molecule has 0 fully saturated rings. The summed E-state index contributed by atoms with van der Waals surface area (Å²) >= 11 is 12.0. The van der Waals surface area contributed by atoms with Crippen LogP contribution >= 0.6 is 23.2 Å². The number of rotatable bonds is 13. The molecule has 2 aromatic carbocycles. The van der Waals surface area contributed by atoms with E-state index in [2.05, 4.69) is 15.8 Å². The van der Waals surface area contributed by atoms with Gasteiger partial charge in [0.1, 0.15) is 17.5 Å². The van der Waals surface area contributed by atoms with Gasteiger partial charge < -0.3 is 19.5 Å². The van der Waals surface area contributed by atoms with Crippen molar-refractivity contribution >= 4 is 47.2 Å². The summed E-state index contributed by atoms with van der Waals surface area (Å²) in [7, 11) is 0. The molecule has 2 amide bonds. The van der Waals surface area contributed by atoms with Crippen LogP contribution < -0.4 is 20.2 Å². The highest BCUT2D eigenvalue weighted by atomic mass is 35.5. The Morgan fingerprint density at radius 3 is 2.24 bits per heavy atom. The summed E-state index contributed by atoms with van der Waals surface area (Å²) < 4.78 is 16.1. The van der Waals surface area contributed by atoms with E-state index in [9.17, 15) is 14.4 Å². The molecule has 0 heterocycles. The van der Waals surface area contributed by atoms with Crippen LogP contribution in [0.4, 0.5) is 0 Å². The maximum atomic E-state index is 12.8. The zero-order valence-corrected chi connectivity index (χ0v) is 23.5. The number of nitrogens with one attached hydrogen (secondary N) is 2. The molecule has 0 aliphatic heterocycles. The van der Waals surface area contributed by atoms with Crippen LogP contribution in [0.3, 0.4) is 0 Å². The summed E-state index contributed by atoms with van der Waals surface area (Å²) in [5, 5.41) is 7.44. The van der Waals surface area contributed by atoms with Crippen LogP contribution in [0, 0.1) is 5.92 Å². The van der Waals surface area contributed by atoms with Crippen molar-refractivity contribution in [3.63, 3.8) is 0 Å². The zero-order chi connectivity index (χ0) is 28.2. The molecule has 0 radical (unpaired) electrons. The van der Waals surface area contributed by atoms with Crippen molar-refractivity contribution < 1.29 is 28.6 Å². The topological polar surface area (TPSA) is 115 Å². The van der Waals surface area contributed by atoms with E-state index in [1.54, 1.807) is 57.2 Å². The number of halogens is 2. The molecule has 9 nitrogen and oxygen atoms in total. The predicted molar refractivity (Wildman–Crippen MR) is 147 cm³/mol. The molecule has 0 bridgehead atoms. The molecule has 2 aromatic rings. The number of hydrogen-bond donors (Lipinski definition) is 2. The number of amides is 2. The first-order chi connectivity index (χ1) is 18.0. The Hall–Kier alpha value is -3.30. The highest BCUT2D eigenvalue weighted by Gasteiger charge is 2.25. The van der Waals surface area contributed by atoms with Gasteiger partial charge in [-0.1, -0.05) is 37.0 Å². The van der Waals surface area contributed by atoms with E-state index in [-0.39, 0.29) is 17.5 Å². The summed E-state index contributed by atoms with van der Waals surface area (Å²) in [4.78, 5) is 37.2. The van der Waals surface area contributed by atoms with Gasteiger partial charge in [-0.3, -0.25) is 9.59 Å². The number of carbonyl (C=O) groups excluding carboxylic acids is 3. The lowest BCUT2D eigenvalue weighted by Gasteiger charge is -2.22. The quantitative estimate of drug-likeness (QED) is 0.205. The minimum atomic E-state index is -0.910. The number of ether oxygens (including phenoxy) is 3. The standard InChI is InChI=1S/C27H33Cl2N3O6/c1-6-36-27(35)18(5)37-21-10-7-19(8-11-21)15-30-32-26(34)23(13-16(2)3)31-25(33)17(4)38-24-12-9-20(28)14-22(24)29/h7-12,14-18,23H,6,13H2,1-5H3,(H,31,33)(H,32,34)/b30-15-/t17-,18-,23+/m0/s1. The number of esters is 1. The van der Waals surface area contributed by atoms with Crippen LogP contribution in [0.5, 0.6) is 11.5 Å². The normalized spacial score (nSPS) is 13.5. The Labute approximate surface area is 232 Å². The molecule has 2 rings (SSSR count). The molecule has 0 aliphatic rings. The van der Waals surface area contributed by atoms with Crippen molar-refractivity contribution in [2.24, 2.45) is 11.0 Å². The molecule has 206 valence electrons. The van der Waals surface area contributed by atoms with Crippen LogP contribution in [0.1, 0.15) is 46.6 Å². The SMILES string of the molecule is CCOC(=O)[C@H](C)Oc1ccc(/C=N\NC(=O)[C@@H](CC(C)C)NC(=O)[C@H](C)Oc2ccc(Cl)cc2Cl)cc1. The Kier molecular flexibility index (Phi) is 12.4. The van der Waals surface area contributed by atoms with Gasteiger partial charge in [0, 0.05) is 5.02 Å². The van der Waals surface area contributed by atoms with Crippen molar-refractivity contribution in [3.05, 3.63) is 58.1 Å². The van der Waals surface area contributed by atoms with Gasteiger partial charge in [0.05, 0.1) is 17.8 Å². The van der Waals surface area contributed by atoms with E-state index in [0.717, 1.165) is 0 Å². The highest BCUT2D eigenvalue weighted by Crippen LogP contribution is 2.28. The number of benzene rings is 2. The lowest BCUT2D eigenvalue weighted by molar-refractivity contribution is -0.150. The molecule has 0 aromatic heterocycles. The zero-order valence-electron chi connectivity index (χ0n) is 22.0. The largest absolute Gasteiger partial charge is 0.479 e. The van der Waals surface area contributed by atoms with E-state index in [1.165, 1.54) is 12.3 Å².